The number of aromatic nitrogens is 2. The van der Waals surface area contributed by atoms with Crippen molar-refractivity contribution in [3.8, 4) is 28.8 Å². The lowest BCUT2D eigenvalue weighted by Crippen LogP contribution is -2.14. The molecule has 0 fully saturated rings. The number of carbonyl (C=O) groups is 2. The highest BCUT2D eigenvalue weighted by Crippen LogP contribution is 2.33. The maximum Gasteiger partial charge on any atom is 0.346 e. The predicted molar refractivity (Wildman–Crippen MR) is 95.8 cm³/mol. The Morgan fingerprint density at radius 3 is 2.59 bits per heavy atom. The topological polar surface area (TPSA) is 140 Å². The Kier molecular flexibility index (Phi) is 6.17. The average Bonchev–Trinajstić information content (AvgIpc) is 3.06. The lowest BCUT2D eigenvalue weighted by atomic mass is 10.1. The van der Waals surface area contributed by atoms with E-state index in [4.69, 9.17) is 25.6 Å². The molecule has 1 heterocycles. The van der Waals surface area contributed by atoms with Crippen LogP contribution in [-0.2, 0) is 16.1 Å². The first-order valence-corrected chi connectivity index (χ1v) is 7.82. The largest absolute Gasteiger partial charge is 0.493 e. The normalized spacial score (nSPS) is 10.9. The van der Waals surface area contributed by atoms with E-state index in [1.807, 2.05) is 0 Å². The number of carbonyl (C=O) groups excluding carboxylic acids is 1. The van der Waals surface area contributed by atoms with Crippen LogP contribution >= 0.6 is 0 Å². The van der Waals surface area contributed by atoms with Crippen molar-refractivity contribution >= 4 is 18.0 Å². The summed E-state index contributed by atoms with van der Waals surface area (Å²) >= 11 is 0. The van der Waals surface area contributed by atoms with Crippen LogP contribution in [0.5, 0.6) is 11.5 Å². The van der Waals surface area contributed by atoms with Crippen LogP contribution in [0.2, 0.25) is 0 Å². The molecule has 0 saturated carbocycles. The van der Waals surface area contributed by atoms with Crippen molar-refractivity contribution in [2.45, 2.75) is 13.0 Å². The number of methoxy groups -OCH3 is 2. The van der Waals surface area contributed by atoms with Gasteiger partial charge in [0.2, 0.25) is 5.91 Å². The summed E-state index contributed by atoms with van der Waals surface area (Å²) < 4.78 is 12.0. The van der Waals surface area contributed by atoms with Crippen molar-refractivity contribution in [1.82, 2.24) is 9.78 Å². The average molecular weight is 370 g/mol. The van der Waals surface area contributed by atoms with E-state index >= 15 is 0 Å². The fourth-order valence-electron chi connectivity index (χ4n) is 2.39. The van der Waals surface area contributed by atoms with E-state index < -0.39 is 17.4 Å². The third-order valence-electron chi connectivity index (χ3n) is 3.68. The fraction of sp³-hybridized carbons (Fsp3) is 0.222. The molecule has 0 bridgehead atoms. The summed E-state index contributed by atoms with van der Waals surface area (Å²) in [5.74, 6) is -0.843. The summed E-state index contributed by atoms with van der Waals surface area (Å²) in [5, 5.41) is 22.5. The van der Waals surface area contributed by atoms with E-state index in [1.165, 1.54) is 25.0 Å². The lowest BCUT2D eigenvalue weighted by Gasteiger charge is -2.09. The highest BCUT2D eigenvalue weighted by Gasteiger charge is 2.16. The summed E-state index contributed by atoms with van der Waals surface area (Å²) in [6.07, 6.45) is 2.84. The molecule has 27 heavy (non-hydrogen) atoms. The molecule has 2 aromatic rings. The van der Waals surface area contributed by atoms with Crippen molar-refractivity contribution < 1.29 is 24.2 Å². The van der Waals surface area contributed by atoms with E-state index in [0.29, 0.717) is 28.3 Å². The maximum atomic E-state index is 11.2. The van der Waals surface area contributed by atoms with Gasteiger partial charge >= 0.3 is 5.97 Å². The van der Waals surface area contributed by atoms with E-state index in [0.717, 1.165) is 0 Å². The Morgan fingerprint density at radius 1 is 1.33 bits per heavy atom. The Balaban J connectivity index is 2.57. The van der Waals surface area contributed by atoms with Crippen LogP contribution in [0.15, 0.2) is 30.0 Å². The number of hydrogen-bond donors (Lipinski definition) is 2. The molecule has 0 saturated heterocycles. The van der Waals surface area contributed by atoms with Crippen LogP contribution < -0.4 is 15.2 Å². The second-order valence-corrected chi connectivity index (χ2v) is 5.46. The summed E-state index contributed by atoms with van der Waals surface area (Å²) in [4.78, 5) is 22.2. The minimum atomic E-state index is -1.35. The van der Waals surface area contributed by atoms with Gasteiger partial charge in [-0.15, -0.1) is 0 Å². The number of primary amides is 1. The highest BCUT2D eigenvalue weighted by molar-refractivity contribution is 5.97. The monoisotopic (exact) mass is 370 g/mol. The smallest absolute Gasteiger partial charge is 0.346 e. The molecule has 0 radical (unpaired) electrons. The molecule has 9 nitrogen and oxygen atoms in total. The van der Waals surface area contributed by atoms with E-state index in [1.54, 1.807) is 30.5 Å². The van der Waals surface area contributed by atoms with Crippen molar-refractivity contribution in [2.75, 3.05) is 14.2 Å². The predicted octanol–water partition coefficient (Wildman–Crippen LogP) is 1.43. The maximum absolute atomic E-state index is 11.2. The van der Waals surface area contributed by atoms with Gasteiger partial charge < -0.3 is 20.3 Å². The zero-order chi connectivity index (χ0) is 20.0. The zero-order valence-corrected chi connectivity index (χ0v) is 14.8. The molecule has 1 aromatic carbocycles. The second-order valence-electron chi connectivity index (χ2n) is 5.46. The Bertz CT molecular complexity index is 940. The minimum Gasteiger partial charge on any atom is -0.493 e. The Morgan fingerprint density at radius 2 is 2.04 bits per heavy atom. The van der Waals surface area contributed by atoms with Crippen molar-refractivity contribution in [3.63, 3.8) is 0 Å². The van der Waals surface area contributed by atoms with Crippen LogP contribution in [0.4, 0.5) is 0 Å². The van der Waals surface area contributed by atoms with Gasteiger partial charge in [0.05, 0.1) is 19.9 Å². The van der Waals surface area contributed by atoms with E-state index in [9.17, 15) is 9.59 Å². The molecule has 0 aliphatic carbocycles. The molecule has 140 valence electrons. The van der Waals surface area contributed by atoms with Gasteiger partial charge in [-0.3, -0.25) is 9.48 Å². The molecular formula is C18H18N4O5. The van der Waals surface area contributed by atoms with E-state index in [-0.39, 0.29) is 13.0 Å². The van der Waals surface area contributed by atoms with Crippen LogP contribution in [0.25, 0.3) is 17.3 Å². The Hall–Kier alpha value is -3.80. The lowest BCUT2D eigenvalue weighted by molar-refractivity contribution is -0.132. The molecule has 0 spiro atoms. The van der Waals surface area contributed by atoms with Crippen molar-refractivity contribution in [3.05, 3.63) is 35.5 Å². The van der Waals surface area contributed by atoms with Crippen molar-refractivity contribution in [2.24, 2.45) is 5.73 Å². The van der Waals surface area contributed by atoms with Gasteiger partial charge in [-0.25, -0.2) is 4.79 Å². The Labute approximate surface area is 155 Å². The number of nitrogens with zero attached hydrogens (tertiary/aromatic N) is 3. The van der Waals surface area contributed by atoms with E-state index in [2.05, 4.69) is 5.10 Å². The first kappa shape index (κ1) is 19.5. The van der Waals surface area contributed by atoms with Gasteiger partial charge in [-0.05, 0) is 24.3 Å². The zero-order valence-electron chi connectivity index (χ0n) is 14.8. The number of aliphatic carboxylic acids is 1. The van der Waals surface area contributed by atoms with Crippen LogP contribution in [-0.4, -0.2) is 41.0 Å². The summed E-state index contributed by atoms with van der Waals surface area (Å²) in [5.41, 5.74) is 6.18. The summed E-state index contributed by atoms with van der Waals surface area (Å²) in [7, 11) is 3.00. The molecular weight excluding hydrogens is 352 g/mol. The van der Waals surface area contributed by atoms with Gasteiger partial charge in [-0.2, -0.15) is 10.4 Å². The second kappa shape index (κ2) is 8.53. The molecule has 0 unspecified atom stereocenters. The van der Waals surface area contributed by atoms with Crippen LogP contribution in [0.1, 0.15) is 12.0 Å². The minimum absolute atomic E-state index is 0.0697. The molecule has 0 atom stereocenters. The fourth-order valence-corrected chi connectivity index (χ4v) is 2.39. The number of benzene rings is 1. The third kappa shape index (κ3) is 4.64. The molecule has 1 amide bonds. The van der Waals surface area contributed by atoms with Gasteiger partial charge in [0, 0.05) is 30.3 Å². The molecule has 0 aliphatic rings. The molecule has 1 aromatic heterocycles. The number of hydrogen-bond acceptors (Lipinski definition) is 6. The SMILES string of the molecule is COc1ccc(-c2nn(CCC(N)=O)cc2C=C(C#N)C(=O)O)cc1OC. The quantitative estimate of drug-likeness (QED) is 0.529. The molecule has 9 heteroatoms. The number of nitriles is 1. The first-order chi connectivity index (χ1) is 12.9. The number of amides is 1. The highest BCUT2D eigenvalue weighted by atomic mass is 16.5. The molecule has 2 rings (SSSR count). The molecule has 3 N–H and O–H groups in total. The molecule has 0 aliphatic heterocycles. The van der Waals surface area contributed by atoms with Gasteiger partial charge in [0.25, 0.3) is 0 Å². The number of carboxylic acid groups (broad SMARTS) is 1. The number of ether oxygens (including phenoxy) is 2. The van der Waals surface area contributed by atoms with Gasteiger partial charge in [-0.1, -0.05) is 0 Å². The number of aryl methyl sites for hydroxylation is 1. The van der Waals surface area contributed by atoms with Crippen molar-refractivity contribution in [1.29, 1.82) is 5.26 Å². The standard InChI is InChI=1S/C18H18N4O5/c1-26-14-4-3-11(8-15(14)27-2)17-13(7-12(9-19)18(24)25)10-22(21-17)6-5-16(20)23/h3-4,7-8,10H,5-6H2,1-2H3,(H2,20,23)(H,24,25). The number of rotatable bonds is 8. The number of carboxylic acids is 1. The first-order valence-electron chi connectivity index (χ1n) is 7.82. The van der Waals surface area contributed by atoms with Crippen LogP contribution in [0, 0.1) is 11.3 Å². The summed E-state index contributed by atoms with van der Waals surface area (Å²) in [6, 6.07) is 6.73. The van der Waals surface area contributed by atoms with Gasteiger partial charge in [0.15, 0.2) is 11.5 Å². The van der Waals surface area contributed by atoms with Gasteiger partial charge in [0.1, 0.15) is 11.6 Å². The number of nitrogens with two attached hydrogens (primary N) is 1. The summed E-state index contributed by atoms with van der Waals surface area (Å²) in [6.45, 7) is 0.221. The third-order valence-corrected chi connectivity index (χ3v) is 3.68. The van der Waals surface area contributed by atoms with Crippen LogP contribution in [0.3, 0.4) is 0 Å².